The maximum absolute atomic E-state index is 13.2. The average Bonchev–Trinajstić information content (AvgIpc) is 2.70. The zero-order chi connectivity index (χ0) is 20.3. The molecule has 2 aromatic rings. The molecular weight excluding hydrogens is 381 g/mol. The molecule has 1 amide bonds. The Labute approximate surface area is 163 Å². The third-order valence-electron chi connectivity index (χ3n) is 4.90. The molecule has 0 unspecified atom stereocenters. The SMILES string of the molecule is Cc1cc(F)ccc1NC(=O)C1CCN(S(=O)(=O)c2ccccc2C#N)CC1. The van der Waals surface area contributed by atoms with E-state index in [4.69, 9.17) is 5.26 Å². The molecule has 1 heterocycles. The number of anilines is 1. The average molecular weight is 401 g/mol. The van der Waals surface area contributed by atoms with Crippen LogP contribution in [0.15, 0.2) is 47.4 Å². The summed E-state index contributed by atoms with van der Waals surface area (Å²) in [6.45, 7) is 2.10. The first-order valence-electron chi connectivity index (χ1n) is 8.89. The minimum Gasteiger partial charge on any atom is -0.326 e. The molecule has 3 rings (SSSR count). The number of aryl methyl sites for hydroxylation is 1. The molecule has 8 heteroatoms. The molecule has 0 aromatic heterocycles. The van der Waals surface area contributed by atoms with E-state index in [0.29, 0.717) is 24.1 Å². The van der Waals surface area contributed by atoms with Gasteiger partial charge in [0.15, 0.2) is 0 Å². The molecule has 0 radical (unpaired) electrons. The highest BCUT2D eigenvalue weighted by molar-refractivity contribution is 7.89. The van der Waals surface area contributed by atoms with Crippen LogP contribution in [-0.4, -0.2) is 31.7 Å². The Balaban J connectivity index is 1.67. The van der Waals surface area contributed by atoms with Gasteiger partial charge in [-0.15, -0.1) is 0 Å². The van der Waals surface area contributed by atoms with Crippen LogP contribution in [0.5, 0.6) is 0 Å². The second-order valence-electron chi connectivity index (χ2n) is 6.73. The number of benzene rings is 2. The molecule has 1 N–H and O–H groups in total. The van der Waals surface area contributed by atoms with Gasteiger partial charge in [-0.25, -0.2) is 12.8 Å². The molecule has 1 aliphatic rings. The van der Waals surface area contributed by atoms with Crippen LogP contribution in [0.2, 0.25) is 0 Å². The number of rotatable bonds is 4. The number of carbonyl (C=O) groups is 1. The lowest BCUT2D eigenvalue weighted by atomic mass is 9.97. The topological polar surface area (TPSA) is 90.3 Å². The van der Waals surface area contributed by atoms with E-state index < -0.39 is 10.0 Å². The fraction of sp³-hybridized carbons (Fsp3) is 0.300. The maximum atomic E-state index is 13.2. The van der Waals surface area contributed by atoms with Crippen molar-refractivity contribution in [1.82, 2.24) is 4.31 Å². The molecule has 1 saturated heterocycles. The van der Waals surface area contributed by atoms with Crippen molar-refractivity contribution in [3.63, 3.8) is 0 Å². The lowest BCUT2D eigenvalue weighted by Crippen LogP contribution is -2.41. The fourth-order valence-corrected chi connectivity index (χ4v) is 4.90. The van der Waals surface area contributed by atoms with E-state index in [1.807, 2.05) is 6.07 Å². The zero-order valence-electron chi connectivity index (χ0n) is 15.4. The van der Waals surface area contributed by atoms with E-state index in [1.165, 1.54) is 34.6 Å². The van der Waals surface area contributed by atoms with E-state index in [9.17, 15) is 17.6 Å². The molecule has 1 aliphatic heterocycles. The summed E-state index contributed by atoms with van der Waals surface area (Å²) in [5.74, 6) is -0.905. The predicted octanol–water partition coefficient (Wildman–Crippen LogP) is 3.05. The Bertz CT molecular complexity index is 1040. The van der Waals surface area contributed by atoms with Crippen LogP contribution in [0.1, 0.15) is 24.0 Å². The van der Waals surface area contributed by atoms with Crippen LogP contribution in [-0.2, 0) is 14.8 Å². The summed E-state index contributed by atoms with van der Waals surface area (Å²) in [4.78, 5) is 12.5. The largest absolute Gasteiger partial charge is 0.326 e. The molecule has 0 atom stereocenters. The van der Waals surface area contributed by atoms with Crippen LogP contribution >= 0.6 is 0 Å². The molecular formula is C20H20FN3O3S. The summed E-state index contributed by atoms with van der Waals surface area (Å²) in [6.07, 6.45) is 0.750. The molecule has 6 nitrogen and oxygen atoms in total. The number of halogens is 1. The molecule has 2 aromatic carbocycles. The number of nitriles is 1. The van der Waals surface area contributed by atoms with Crippen molar-refractivity contribution in [3.05, 3.63) is 59.4 Å². The first-order valence-corrected chi connectivity index (χ1v) is 10.3. The highest BCUT2D eigenvalue weighted by Crippen LogP contribution is 2.27. The van der Waals surface area contributed by atoms with E-state index >= 15 is 0 Å². The van der Waals surface area contributed by atoms with Crippen molar-refractivity contribution >= 4 is 21.6 Å². The van der Waals surface area contributed by atoms with Crippen molar-refractivity contribution in [2.75, 3.05) is 18.4 Å². The number of nitrogens with zero attached hydrogens (tertiary/aromatic N) is 2. The second kappa shape index (κ2) is 8.09. The van der Waals surface area contributed by atoms with Crippen molar-refractivity contribution in [1.29, 1.82) is 5.26 Å². The molecule has 0 saturated carbocycles. The van der Waals surface area contributed by atoms with Gasteiger partial charge in [0, 0.05) is 24.7 Å². The van der Waals surface area contributed by atoms with Gasteiger partial charge < -0.3 is 5.32 Å². The first kappa shape index (κ1) is 20.0. The van der Waals surface area contributed by atoms with E-state index in [1.54, 1.807) is 19.1 Å². The van der Waals surface area contributed by atoms with Gasteiger partial charge in [0.2, 0.25) is 15.9 Å². The van der Waals surface area contributed by atoms with Gasteiger partial charge in [0.1, 0.15) is 11.9 Å². The van der Waals surface area contributed by atoms with Crippen molar-refractivity contribution in [2.45, 2.75) is 24.7 Å². The van der Waals surface area contributed by atoms with Crippen LogP contribution in [0, 0.1) is 30.0 Å². The number of piperidine rings is 1. The van der Waals surface area contributed by atoms with E-state index in [-0.39, 0.29) is 41.2 Å². The van der Waals surface area contributed by atoms with Crippen LogP contribution < -0.4 is 5.32 Å². The Morgan fingerprint density at radius 1 is 1.21 bits per heavy atom. The van der Waals surface area contributed by atoms with Crippen molar-refractivity contribution < 1.29 is 17.6 Å². The minimum absolute atomic E-state index is 0.0117. The molecule has 0 spiro atoms. The van der Waals surface area contributed by atoms with Crippen LogP contribution in [0.3, 0.4) is 0 Å². The highest BCUT2D eigenvalue weighted by atomic mass is 32.2. The lowest BCUT2D eigenvalue weighted by Gasteiger charge is -2.30. The summed E-state index contributed by atoms with van der Waals surface area (Å²) in [6, 6.07) is 12.1. The lowest BCUT2D eigenvalue weighted by molar-refractivity contribution is -0.120. The quantitative estimate of drug-likeness (QED) is 0.853. The number of hydrogen-bond donors (Lipinski definition) is 1. The molecule has 0 aliphatic carbocycles. The third-order valence-corrected chi connectivity index (χ3v) is 6.85. The summed E-state index contributed by atoms with van der Waals surface area (Å²) >= 11 is 0. The van der Waals surface area contributed by atoms with E-state index in [0.717, 1.165) is 0 Å². The Morgan fingerprint density at radius 2 is 1.89 bits per heavy atom. The maximum Gasteiger partial charge on any atom is 0.244 e. The molecule has 1 fully saturated rings. The zero-order valence-corrected chi connectivity index (χ0v) is 16.2. The van der Waals surface area contributed by atoms with Gasteiger partial charge in [0.05, 0.1) is 10.5 Å². The summed E-state index contributed by atoms with van der Waals surface area (Å²) in [7, 11) is -3.79. The van der Waals surface area contributed by atoms with Gasteiger partial charge in [-0.3, -0.25) is 4.79 Å². The third kappa shape index (κ3) is 4.06. The standard InChI is InChI=1S/C20H20FN3O3S/c1-14-12-17(21)6-7-18(14)23-20(25)15-8-10-24(11-9-15)28(26,27)19-5-3-2-4-16(19)13-22/h2-7,12,15H,8-11H2,1H3,(H,23,25). The van der Waals surface area contributed by atoms with Gasteiger partial charge in [-0.2, -0.15) is 9.57 Å². The first-order chi connectivity index (χ1) is 13.3. The normalized spacial score (nSPS) is 15.8. The number of hydrogen-bond acceptors (Lipinski definition) is 4. The van der Waals surface area contributed by atoms with Gasteiger partial charge in [-0.1, -0.05) is 12.1 Å². The number of sulfonamides is 1. The monoisotopic (exact) mass is 401 g/mol. The summed E-state index contributed by atoms with van der Waals surface area (Å²) in [5.41, 5.74) is 1.28. The van der Waals surface area contributed by atoms with Crippen molar-refractivity contribution in [3.8, 4) is 6.07 Å². The fourth-order valence-electron chi connectivity index (χ4n) is 3.28. The Hall–Kier alpha value is -2.76. The summed E-state index contributed by atoms with van der Waals surface area (Å²) in [5, 5.41) is 12.0. The Kier molecular flexibility index (Phi) is 5.77. The molecule has 0 bridgehead atoms. The molecule has 146 valence electrons. The summed E-state index contributed by atoms with van der Waals surface area (Å²) < 4.78 is 40.2. The van der Waals surface area contributed by atoms with Gasteiger partial charge in [0.25, 0.3) is 0 Å². The van der Waals surface area contributed by atoms with Gasteiger partial charge in [-0.05, 0) is 55.7 Å². The highest BCUT2D eigenvalue weighted by Gasteiger charge is 2.33. The number of nitrogens with one attached hydrogen (secondary N) is 1. The van der Waals surface area contributed by atoms with Gasteiger partial charge >= 0.3 is 0 Å². The van der Waals surface area contributed by atoms with Crippen LogP contribution in [0.25, 0.3) is 0 Å². The van der Waals surface area contributed by atoms with Crippen molar-refractivity contribution in [2.24, 2.45) is 5.92 Å². The van der Waals surface area contributed by atoms with E-state index in [2.05, 4.69) is 5.32 Å². The number of carbonyl (C=O) groups excluding carboxylic acids is 1. The molecule has 28 heavy (non-hydrogen) atoms. The minimum atomic E-state index is -3.79. The number of amides is 1. The predicted molar refractivity (Wildman–Crippen MR) is 102 cm³/mol. The smallest absolute Gasteiger partial charge is 0.244 e. The second-order valence-corrected chi connectivity index (χ2v) is 8.64. The Morgan fingerprint density at radius 3 is 2.54 bits per heavy atom. The van der Waals surface area contributed by atoms with Crippen LogP contribution in [0.4, 0.5) is 10.1 Å².